The van der Waals surface area contributed by atoms with Crippen molar-refractivity contribution in [3.05, 3.63) is 0 Å². The molecule has 5 heteroatoms. The van der Waals surface area contributed by atoms with Crippen LogP contribution < -0.4 is 10.6 Å². The first-order chi connectivity index (χ1) is 9.93. The molecule has 1 atom stereocenters. The van der Waals surface area contributed by atoms with Crippen molar-refractivity contribution in [3.63, 3.8) is 0 Å². The Kier molecular flexibility index (Phi) is 8.04. The van der Waals surface area contributed by atoms with E-state index in [0.717, 1.165) is 6.54 Å². The Balaban J connectivity index is 2.14. The van der Waals surface area contributed by atoms with Gasteiger partial charge in [-0.2, -0.15) is 0 Å². The number of amides is 2. The molecule has 3 N–H and O–H groups in total. The fourth-order valence-electron chi connectivity index (χ4n) is 2.69. The largest absolute Gasteiger partial charge is 0.396 e. The smallest absolute Gasteiger partial charge is 0.314 e. The molecule has 0 aromatic heterocycles. The number of aliphatic hydroxyl groups is 1. The summed E-state index contributed by atoms with van der Waals surface area (Å²) in [7, 11) is 0. The molecule has 2 amide bonds. The van der Waals surface area contributed by atoms with Gasteiger partial charge in [0.2, 0.25) is 0 Å². The van der Waals surface area contributed by atoms with E-state index in [1.165, 1.54) is 32.4 Å². The maximum absolute atomic E-state index is 11.8. The van der Waals surface area contributed by atoms with E-state index in [1.54, 1.807) is 0 Å². The summed E-state index contributed by atoms with van der Waals surface area (Å²) in [6.45, 7) is 11.2. The maximum atomic E-state index is 11.8. The molecule has 0 aliphatic carbocycles. The van der Waals surface area contributed by atoms with Crippen molar-refractivity contribution in [1.82, 2.24) is 15.5 Å². The standard InChI is InChI=1S/C16H33N3O2/c1-14(12-19-8-5-4-6-9-19)11-17-15(21)18-13-16(2,3)7-10-20/h14,20H,4-13H2,1-3H3,(H2,17,18,21). The van der Waals surface area contributed by atoms with Crippen LogP contribution >= 0.6 is 0 Å². The molecule has 5 nitrogen and oxygen atoms in total. The van der Waals surface area contributed by atoms with Crippen molar-refractivity contribution in [2.45, 2.75) is 46.5 Å². The molecule has 0 radical (unpaired) electrons. The molecule has 21 heavy (non-hydrogen) atoms. The van der Waals surface area contributed by atoms with Gasteiger partial charge in [-0.15, -0.1) is 0 Å². The number of carbonyl (C=O) groups is 1. The number of nitrogens with zero attached hydrogens (tertiary/aromatic N) is 1. The highest BCUT2D eigenvalue weighted by molar-refractivity contribution is 5.73. The van der Waals surface area contributed by atoms with Gasteiger partial charge in [-0.1, -0.05) is 27.2 Å². The Morgan fingerprint density at radius 2 is 1.90 bits per heavy atom. The normalized spacial score (nSPS) is 18.3. The summed E-state index contributed by atoms with van der Waals surface area (Å²) in [5.41, 5.74) is -0.0640. The average molecular weight is 299 g/mol. The summed E-state index contributed by atoms with van der Waals surface area (Å²) in [5.74, 6) is 0.472. The van der Waals surface area contributed by atoms with Gasteiger partial charge >= 0.3 is 6.03 Å². The van der Waals surface area contributed by atoms with Gasteiger partial charge in [0.05, 0.1) is 0 Å². The molecule has 0 aromatic rings. The average Bonchev–Trinajstić information content (AvgIpc) is 2.44. The van der Waals surface area contributed by atoms with Gasteiger partial charge in [-0.05, 0) is 43.7 Å². The molecule has 1 aliphatic rings. The zero-order valence-electron chi connectivity index (χ0n) is 14.0. The predicted molar refractivity (Wildman–Crippen MR) is 86.3 cm³/mol. The lowest BCUT2D eigenvalue weighted by molar-refractivity contribution is 0.192. The van der Waals surface area contributed by atoms with Gasteiger partial charge < -0.3 is 20.6 Å². The maximum Gasteiger partial charge on any atom is 0.314 e. The van der Waals surface area contributed by atoms with Crippen LogP contribution in [0.25, 0.3) is 0 Å². The number of nitrogens with one attached hydrogen (secondary N) is 2. The Hall–Kier alpha value is -0.810. The SMILES string of the molecule is CC(CNC(=O)NCC(C)(C)CCO)CN1CCCCC1. The monoisotopic (exact) mass is 299 g/mol. The van der Waals surface area contributed by atoms with E-state index in [1.807, 2.05) is 13.8 Å². The molecule has 1 saturated heterocycles. The number of rotatable bonds is 8. The molecule has 1 aliphatic heterocycles. The molecule has 0 bridgehead atoms. The Bertz CT molecular complexity index is 302. The van der Waals surface area contributed by atoms with E-state index in [2.05, 4.69) is 22.5 Å². The van der Waals surface area contributed by atoms with Crippen LogP contribution in [0.15, 0.2) is 0 Å². The van der Waals surface area contributed by atoms with Crippen molar-refractivity contribution in [2.75, 3.05) is 39.3 Å². The zero-order chi connectivity index (χ0) is 15.7. The highest BCUT2D eigenvalue weighted by atomic mass is 16.3. The Morgan fingerprint density at radius 3 is 2.52 bits per heavy atom. The zero-order valence-corrected chi connectivity index (χ0v) is 14.0. The minimum Gasteiger partial charge on any atom is -0.396 e. The number of likely N-dealkylation sites (tertiary alicyclic amines) is 1. The van der Waals surface area contributed by atoms with Gasteiger partial charge in [0.15, 0.2) is 0 Å². The molecule has 1 fully saturated rings. The third-order valence-corrected chi connectivity index (χ3v) is 4.15. The lowest BCUT2D eigenvalue weighted by Gasteiger charge is -2.29. The van der Waals surface area contributed by atoms with E-state index in [4.69, 9.17) is 5.11 Å². The summed E-state index contributed by atoms with van der Waals surface area (Å²) >= 11 is 0. The lowest BCUT2D eigenvalue weighted by Crippen LogP contribution is -2.44. The lowest BCUT2D eigenvalue weighted by atomic mass is 9.90. The molecule has 0 saturated carbocycles. The van der Waals surface area contributed by atoms with Gasteiger partial charge in [0, 0.05) is 26.2 Å². The topological polar surface area (TPSA) is 64.6 Å². The quantitative estimate of drug-likeness (QED) is 0.640. The molecule has 1 rings (SSSR count). The van der Waals surface area contributed by atoms with Gasteiger partial charge in [-0.25, -0.2) is 4.79 Å². The first-order valence-corrected chi connectivity index (χ1v) is 8.28. The van der Waals surface area contributed by atoms with Gasteiger partial charge in [0.25, 0.3) is 0 Å². The molecule has 1 heterocycles. The van der Waals surface area contributed by atoms with Crippen LogP contribution in [-0.2, 0) is 0 Å². The van der Waals surface area contributed by atoms with Crippen LogP contribution in [0, 0.1) is 11.3 Å². The minimum atomic E-state index is -0.105. The Labute approximate surface area is 129 Å². The number of hydrogen-bond donors (Lipinski definition) is 3. The molecular weight excluding hydrogens is 266 g/mol. The van der Waals surface area contributed by atoms with Crippen LogP contribution in [-0.4, -0.2) is 55.4 Å². The third kappa shape index (κ3) is 8.27. The molecule has 1 unspecified atom stereocenters. The molecule has 0 spiro atoms. The first-order valence-electron chi connectivity index (χ1n) is 8.28. The van der Waals surface area contributed by atoms with Crippen LogP contribution in [0.1, 0.15) is 46.5 Å². The fraction of sp³-hybridized carbons (Fsp3) is 0.938. The molecule has 0 aromatic carbocycles. The first kappa shape index (κ1) is 18.2. The van der Waals surface area contributed by atoms with Crippen molar-refractivity contribution in [2.24, 2.45) is 11.3 Å². The van der Waals surface area contributed by atoms with E-state index >= 15 is 0 Å². The van der Waals surface area contributed by atoms with Gasteiger partial charge in [0.1, 0.15) is 0 Å². The molecule has 124 valence electrons. The summed E-state index contributed by atoms with van der Waals surface area (Å²) in [6.07, 6.45) is 4.66. The summed E-state index contributed by atoms with van der Waals surface area (Å²) in [6, 6.07) is -0.105. The number of urea groups is 1. The number of hydrogen-bond acceptors (Lipinski definition) is 3. The van der Waals surface area contributed by atoms with E-state index < -0.39 is 0 Å². The summed E-state index contributed by atoms with van der Waals surface area (Å²) < 4.78 is 0. The summed E-state index contributed by atoms with van der Waals surface area (Å²) in [4.78, 5) is 14.3. The second-order valence-electron chi connectivity index (χ2n) is 7.17. The van der Waals surface area contributed by atoms with Crippen LogP contribution in [0.2, 0.25) is 0 Å². The summed E-state index contributed by atoms with van der Waals surface area (Å²) in [5, 5.41) is 14.8. The Morgan fingerprint density at radius 1 is 1.24 bits per heavy atom. The van der Waals surface area contributed by atoms with E-state index in [0.29, 0.717) is 25.4 Å². The van der Waals surface area contributed by atoms with E-state index in [-0.39, 0.29) is 18.1 Å². The van der Waals surface area contributed by atoms with Crippen molar-refractivity contribution < 1.29 is 9.90 Å². The van der Waals surface area contributed by atoms with Crippen LogP contribution in [0.3, 0.4) is 0 Å². The molecular formula is C16H33N3O2. The minimum absolute atomic E-state index is 0.0640. The van der Waals surface area contributed by atoms with Crippen LogP contribution in [0.4, 0.5) is 4.79 Å². The second kappa shape index (κ2) is 9.26. The van der Waals surface area contributed by atoms with Crippen molar-refractivity contribution in [1.29, 1.82) is 0 Å². The van der Waals surface area contributed by atoms with Gasteiger partial charge in [-0.3, -0.25) is 0 Å². The van der Waals surface area contributed by atoms with Crippen LogP contribution in [0.5, 0.6) is 0 Å². The highest BCUT2D eigenvalue weighted by Gasteiger charge is 2.18. The fourth-order valence-corrected chi connectivity index (χ4v) is 2.69. The van der Waals surface area contributed by atoms with Crippen molar-refractivity contribution in [3.8, 4) is 0 Å². The number of aliphatic hydroxyl groups excluding tert-OH is 1. The predicted octanol–water partition coefficient (Wildman–Crippen LogP) is 1.82. The van der Waals surface area contributed by atoms with E-state index in [9.17, 15) is 4.79 Å². The van der Waals surface area contributed by atoms with Crippen molar-refractivity contribution >= 4 is 6.03 Å². The number of carbonyl (C=O) groups excluding carboxylic acids is 1. The third-order valence-electron chi connectivity index (χ3n) is 4.15. The highest BCUT2D eigenvalue weighted by Crippen LogP contribution is 2.17. The number of piperidine rings is 1. The second-order valence-corrected chi connectivity index (χ2v) is 7.17.